The van der Waals surface area contributed by atoms with E-state index in [0.29, 0.717) is 6.54 Å². The number of aromatic nitrogens is 1. The zero-order valence-electron chi connectivity index (χ0n) is 18.4. The van der Waals surface area contributed by atoms with Crippen molar-refractivity contribution in [3.63, 3.8) is 0 Å². The molecule has 0 aliphatic carbocycles. The minimum atomic E-state index is 0.232. The topological polar surface area (TPSA) is 71.0 Å². The van der Waals surface area contributed by atoms with Gasteiger partial charge in [-0.15, -0.1) is 11.3 Å². The maximum atomic E-state index is 5.56. The highest BCUT2D eigenvalue weighted by atomic mass is 32.1. The highest BCUT2D eigenvalue weighted by Gasteiger charge is 2.23. The zero-order chi connectivity index (χ0) is 21.3. The number of guanidine groups is 1. The third-order valence-corrected chi connectivity index (χ3v) is 6.23. The van der Waals surface area contributed by atoms with Gasteiger partial charge in [-0.3, -0.25) is 4.90 Å². The van der Waals surface area contributed by atoms with Gasteiger partial charge in [0.1, 0.15) is 5.75 Å². The Morgan fingerprint density at radius 1 is 1.23 bits per heavy atom. The first-order valence-electron chi connectivity index (χ1n) is 10.5. The molecule has 1 aliphatic heterocycles. The summed E-state index contributed by atoms with van der Waals surface area (Å²) < 4.78 is 10.9. The summed E-state index contributed by atoms with van der Waals surface area (Å²) in [6.45, 7) is 11.8. The van der Waals surface area contributed by atoms with Crippen LogP contribution in [0.25, 0.3) is 0 Å². The molecule has 7 nitrogen and oxygen atoms in total. The third-order valence-electron chi connectivity index (χ3n) is 5.17. The number of hydrogen-bond donors (Lipinski definition) is 2. The number of rotatable bonds is 8. The van der Waals surface area contributed by atoms with Gasteiger partial charge in [0.25, 0.3) is 0 Å². The van der Waals surface area contributed by atoms with E-state index in [4.69, 9.17) is 14.5 Å². The number of aryl methyl sites for hydroxylation is 2. The lowest BCUT2D eigenvalue weighted by Crippen LogP contribution is -2.46. The van der Waals surface area contributed by atoms with Crippen molar-refractivity contribution in [1.29, 1.82) is 0 Å². The Kier molecular flexibility index (Phi) is 8.48. The predicted octanol–water partition coefficient (Wildman–Crippen LogP) is 2.90. The van der Waals surface area contributed by atoms with Crippen LogP contribution in [-0.4, -0.2) is 62.3 Å². The first-order chi connectivity index (χ1) is 14.6. The second-order valence-electron chi connectivity index (χ2n) is 7.25. The van der Waals surface area contributed by atoms with Crippen LogP contribution in [0.3, 0.4) is 0 Å². The van der Waals surface area contributed by atoms with Crippen LogP contribution < -0.4 is 15.4 Å². The molecular formula is C22H33N5O2S. The molecule has 0 radical (unpaired) electrons. The largest absolute Gasteiger partial charge is 0.497 e. The average molecular weight is 432 g/mol. The van der Waals surface area contributed by atoms with Crippen molar-refractivity contribution in [1.82, 2.24) is 20.5 Å². The molecule has 1 aliphatic rings. The monoisotopic (exact) mass is 431 g/mol. The Hall–Kier alpha value is -2.16. The average Bonchev–Trinajstić information content (AvgIpc) is 3.10. The summed E-state index contributed by atoms with van der Waals surface area (Å²) in [6, 6.07) is 8.58. The van der Waals surface area contributed by atoms with Crippen LogP contribution in [0.15, 0.2) is 29.3 Å². The van der Waals surface area contributed by atoms with Crippen molar-refractivity contribution < 1.29 is 9.47 Å². The smallest absolute Gasteiger partial charge is 0.191 e. The minimum absolute atomic E-state index is 0.232. The molecule has 2 aromatic rings. The predicted molar refractivity (Wildman–Crippen MR) is 123 cm³/mol. The summed E-state index contributed by atoms with van der Waals surface area (Å²) in [4.78, 5) is 13.0. The Bertz CT molecular complexity index is 815. The molecule has 164 valence electrons. The molecule has 2 N–H and O–H groups in total. The van der Waals surface area contributed by atoms with E-state index in [0.717, 1.165) is 61.8 Å². The molecule has 0 amide bonds. The van der Waals surface area contributed by atoms with Crippen LogP contribution in [-0.2, 0) is 11.3 Å². The summed E-state index contributed by atoms with van der Waals surface area (Å²) in [6.07, 6.45) is 0. The van der Waals surface area contributed by atoms with Crippen LogP contribution >= 0.6 is 11.3 Å². The van der Waals surface area contributed by atoms with Gasteiger partial charge in [-0.05, 0) is 38.5 Å². The van der Waals surface area contributed by atoms with E-state index in [1.807, 2.05) is 26.0 Å². The van der Waals surface area contributed by atoms with Gasteiger partial charge in [0.05, 0.1) is 43.6 Å². The number of thiazole rings is 1. The molecule has 0 saturated carbocycles. The van der Waals surface area contributed by atoms with E-state index < -0.39 is 0 Å². The Labute approximate surface area is 183 Å². The summed E-state index contributed by atoms with van der Waals surface area (Å²) in [5.41, 5.74) is 2.33. The number of benzene rings is 1. The van der Waals surface area contributed by atoms with Crippen molar-refractivity contribution in [3.05, 3.63) is 45.4 Å². The van der Waals surface area contributed by atoms with Gasteiger partial charge in [0.15, 0.2) is 5.96 Å². The lowest BCUT2D eigenvalue weighted by molar-refractivity contribution is 0.0170. The summed E-state index contributed by atoms with van der Waals surface area (Å²) in [5.74, 6) is 1.70. The number of nitrogens with one attached hydrogen (secondary N) is 2. The first-order valence-corrected chi connectivity index (χ1v) is 11.3. The summed E-state index contributed by atoms with van der Waals surface area (Å²) in [5, 5.41) is 8.00. The SMILES string of the molecule is CCNC(=NCc1sc(C)nc1C)NCC(c1ccc(OC)cc1)N1CCOCC1. The second-order valence-corrected chi connectivity index (χ2v) is 8.54. The molecule has 0 bridgehead atoms. The van der Waals surface area contributed by atoms with E-state index in [-0.39, 0.29) is 6.04 Å². The Morgan fingerprint density at radius 2 is 1.97 bits per heavy atom. The quantitative estimate of drug-likeness (QED) is 0.495. The third kappa shape index (κ3) is 6.17. The normalized spacial score (nSPS) is 16.3. The van der Waals surface area contributed by atoms with Gasteiger partial charge in [-0.2, -0.15) is 0 Å². The molecule has 1 atom stereocenters. The molecule has 1 aromatic heterocycles. The van der Waals surface area contributed by atoms with Gasteiger partial charge >= 0.3 is 0 Å². The first kappa shape index (κ1) is 22.5. The van der Waals surface area contributed by atoms with Gasteiger partial charge < -0.3 is 20.1 Å². The van der Waals surface area contributed by atoms with Crippen molar-refractivity contribution in [2.75, 3.05) is 46.5 Å². The molecule has 1 saturated heterocycles. The van der Waals surface area contributed by atoms with Crippen molar-refractivity contribution in [2.24, 2.45) is 4.99 Å². The maximum absolute atomic E-state index is 5.56. The fraction of sp³-hybridized carbons (Fsp3) is 0.545. The van der Waals surface area contributed by atoms with Crippen molar-refractivity contribution >= 4 is 17.3 Å². The molecule has 0 spiro atoms. The van der Waals surface area contributed by atoms with Crippen LogP contribution in [0.2, 0.25) is 0 Å². The van der Waals surface area contributed by atoms with Crippen molar-refractivity contribution in [2.45, 2.75) is 33.4 Å². The Balaban J connectivity index is 1.72. The molecule has 2 heterocycles. The number of ether oxygens (including phenoxy) is 2. The van der Waals surface area contributed by atoms with Gasteiger partial charge in [0, 0.05) is 31.1 Å². The van der Waals surface area contributed by atoms with E-state index >= 15 is 0 Å². The number of aliphatic imine (C=N–C) groups is 1. The van der Waals surface area contributed by atoms with Crippen LogP contribution in [0, 0.1) is 13.8 Å². The fourth-order valence-corrected chi connectivity index (χ4v) is 4.44. The van der Waals surface area contributed by atoms with Gasteiger partial charge in [-0.25, -0.2) is 9.98 Å². The molecule has 30 heavy (non-hydrogen) atoms. The lowest BCUT2D eigenvalue weighted by atomic mass is 10.0. The molecule has 1 aromatic carbocycles. The van der Waals surface area contributed by atoms with E-state index in [1.165, 1.54) is 10.4 Å². The van der Waals surface area contributed by atoms with E-state index in [9.17, 15) is 0 Å². The molecule has 1 fully saturated rings. The highest BCUT2D eigenvalue weighted by molar-refractivity contribution is 7.11. The van der Waals surface area contributed by atoms with Crippen LogP contribution in [0.4, 0.5) is 0 Å². The molecule has 3 rings (SSSR count). The number of morpholine rings is 1. The zero-order valence-corrected chi connectivity index (χ0v) is 19.2. The van der Waals surface area contributed by atoms with Crippen LogP contribution in [0.5, 0.6) is 5.75 Å². The highest BCUT2D eigenvalue weighted by Crippen LogP contribution is 2.24. The lowest BCUT2D eigenvalue weighted by Gasteiger charge is -2.35. The number of hydrogen-bond acceptors (Lipinski definition) is 6. The number of nitrogens with zero attached hydrogens (tertiary/aromatic N) is 3. The van der Waals surface area contributed by atoms with E-state index in [1.54, 1.807) is 18.4 Å². The molecule has 8 heteroatoms. The number of methoxy groups -OCH3 is 1. The fourth-order valence-electron chi connectivity index (χ4n) is 3.58. The molecular weight excluding hydrogens is 398 g/mol. The minimum Gasteiger partial charge on any atom is -0.497 e. The second kappa shape index (κ2) is 11.3. The van der Waals surface area contributed by atoms with Gasteiger partial charge in [0.2, 0.25) is 0 Å². The maximum Gasteiger partial charge on any atom is 0.191 e. The van der Waals surface area contributed by atoms with Crippen LogP contribution in [0.1, 0.15) is 34.1 Å². The standard InChI is InChI=1S/C22H33N5O2S/c1-5-23-22(25-15-21-16(2)26-17(3)30-21)24-14-20(27-10-12-29-13-11-27)18-6-8-19(28-4)9-7-18/h6-9,20H,5,10-15H2,1-4H3,(H2,23,24,25). The Morgan fingerprint density at radius 3 is 2.57 bits per heavy atom. The summed E-state index contributed by atoms with van der Waals surface area (Å²) >= 11 is 1.71. The summed E-state index contributed by atoms with van der Waals surface area (Å²) in [7, 11) is 1.70. The van der Waals surface area contributed by atoms with Gasteiger partial charge in [-0.1, -0.05) is 12.1 Å². The van der Waals surface area contributed by atoms with Crippen molar-refractivity contribution in [3.8, 4) is 5.75 Å². The molecule has 1 unspecified atom stereocenters. The van der Waals surface area contributed by atoms with E-state index in [2.05, 4.69) is 39.6 Å².